The number of hydrogen-bond donors (Lipinski definition) is 2. The lowest BCUT2D eigenvalue weighted by atomic mass is 9.89. The van der Waals surface area contributed by atoms with Crippen LogP contribution in [0, 0.1) is 5.41 Å². The number of amides is 1. The molecule has 0 fully saturated rings. The van der Waals surface area contributed by atoms with Crippen molar-refractivity contribution in [2.24, 2.45) is 5.41 Å². The molecule has 0 aliphatic heterocycles. The third-order valence-corrected chi connectivity index (χ3v) is 5.70. The highest BCUT2D eigenvalue weighted by Crippen LogP contribution is 2.19. The predicted octanol–water partition coefficient (Wildman–Crippen LogP) is 1.46. The number of ketones is 1. The van der Waals surface area contributed by atoms with Gasteiger partial charge in [-0.1, -0.05) is 20.8 Å². The number of likely N-dealkylation sites (N-methyl/N-ethyl adjacent to an activating group) is 3. The summed E-state index contributed by atoms with van der Waals surface area (Å²) in [7, 11) is 14.5. The molecule has 0 aliphatic rings. The van der Waals surface area contributed by atoms with E-state index >= 15 is 0 Å². The minimum absolute atomic E-state index is 0.0381. The SMILES string of the molecule is CCC(C)(C)C(=O)NC[N+](C)(C)CC(=O)CCCC[N+](C)(C)CC(O)C[N+](C)(C)C. The maximum Gasteiger partial charge on any atom is 0.229 e. The second-order valence-corrected chi connectivity index (χ2v) is 12.0. The number of rotatable bonds is 15. The molecule has 0 spiro atoms. The zero-order valence-corrected chi connectivity index (χ0v) is 21.5. The van der Waals surface area contributed by atoms with Gasteiger partial charge in [-0.25, -0.2) is 0 Å². The molecule has 0 saturated heterocycles. The van der Waals surface area contributed by atoms with Gasteiger partial charge in [-0.3, -0.25) is 9.59 Å². The first-order valence-corrected chi connectivity index (χ1v) is 11.3. The van der Waals surface area contributed by atoms with Crippen LogP contribution in [0.25, 0.3) is 0 Å². The van der Waals surface area contributed by atoms with E-state index in [4.69, 9.17) is 0 Å². The number of carbonyl (C=O) groups excluding carboxylic acids is 2. The summed E-state index contributed by atoms with van der Waals surface area (Å²) in [4.78, 5) is 24.7. The fraction of sp³-hybridized carbons (Fsp3) is 0.913. The first-order valence-electron chi connectivity index (χ1n) is 11.3. The topological polar surface area (TPSA) is 66.4 Å². The number of nitrogens with one attached hydrogen (secondary N) is 1. The molecule has 0 bridgehead atoms. The molecule has 0 rings (SSSR count). The van der Waals surface area contributed by atoms with Gasteiger partial charge >= 0.3 is 0 Å². The highest BCUT2D eigenvalue weighted by Gasteiger charge is 2.28. The first-order chi connectivity index (χ1) is 13.4. The Morgan fingerprint density at radius 2 is 1.50 bits per heavy atom. The van der Waals surface area contributed by atoms with Crippen molar-refractivity contribution < 1.29 is 28.1 Å². The van der Waals surface area contributed by atoms with E-state index in [1.54, 1.807) is 0 Å². The van der Waals surface area contributed by atoms with Gasteiger partial charge in [0.05, 0.1) is 55.9 Å². The van der Waals surface area contributed by atoms with Crippen molar-refractivity contribution in [1.29, 1.82) is 0 Å². The van der Waals surface area contributed by atoms with Crippen molar-refractivity contribution in [3.63, 3.8) is 0 Å². The summed E-state index contributed by atoms with van der Waals surface area (Å²) in [6, 6.07) is 0. The quantitative estimate of drug-likeness (QED) is 0.234. The molecule has 1 unspecified atom stereocenters. The largest absolute Gasteiger partial charge is 0.382 e. The average molecular weight is 432 g/mol. The van der Waals surface area contributed by atoms with Crippen LogP contribution < -0.4 is 5.32 Å². The molecule has 0 saturated carbocycles. The van der Waals surface area contributed by atoms with Crippen LogP contribution in [0.2, 0.25) is 0 Å². The Labute approximate surface area is 185 Å². The van der Waals surface area contributed by atoms with E-state index in [2.05, 4.69) is 40.6 Å². The van der Waals surface area contributed by atoms with Crippen molar-refractivity contribution in [1.82, 2.24) is 5.32 Å². The molecule has 1 atom stereocenters. The van der Waals surface area contributed by atoms with Gasteiger partial charge in [0, 0.05) is 11.8 Å². The molecular formula is C23H51N4O3+3. The van der Waals surface area contributed by atoms with E-state index < -0.39 is 0 Å². The minimum atomic E-state index is -0.380. The summed E-state index contributed by atoms with van der Waals surface area (Å²) in [5.41, 5.74) is -0.380. The lowest BCUT2D eigenvalue weighted by molar-refractivity contribution is -0.907. The van der Waals surface area contributed by atoms with Crippen LogP contribution in [0.15, 0.2) is 0 Å². The molecule has 0 heterocycles. The molecule has 0 aromatic heterocycles. The zero-order valence-electron chi connectivity index (χ0n) is 21.5. The smallest absolute Gasteiger partial charge is 0.229 e. The lowest BCUT2D eigenvalue weighted by Crippen LogP contribution is -2.53. The van der Waals surface area contributed by atoms with Crippen molar-refractivity contribution >= 4 is 11.7 Å². The molecule has 2 N–H and O–H groups in total. The van der Waals surface area contributed by atoms with Crippen LogP contribution in [0.1, 0.15) is 46.5 Å². The van der Waals surface area contributed by atoms with Gasteiger partial charge in [0.2, 0.25) is 5.91 Å². The molecular weight excluding hydrogens is 380 g/mol. The second-order valence-electron chi connectivity index (χ2n) is 12.0. The molecule has 1 amide bonds. The van der Waals surface area contributed by atoms with E-state index in [0.717, 1.165) is 47.9 Å². The molecule has 7 nitrogen and oxygen atoms in total. The predicted molar refractivity (Wildman–Crippen MR) is 124 cm³/mol. The van der Waals surface area contributed by atoms with Crippen LogP contribution in [0.4, 0.5) is 0 Å². The van der Waals surface area contributed by atoms with Crippen LogP contribution in [-0.2, 0) is 9.59 Å². The van der Waals surface area contributed by atoms with Crippen molar-refractivity contribution in [3.8, 4) is 0 Å². The summed E-state index contributed by atoms with van der Waals surface area (Å²) in [6.07, 6.45) is 2.85. The van der Waals surface area contributed by atoms with E-state index in [9.17, 15) is 14.7 Å². The van der Waals surface area contributed by atoms with Gasteiger partial charge < -0.3 is 23.9 Å². The summed E-state index contributed by atoms with van der Waals surface area (Å²) in [6.45, 7) is 9.18. The first kappa shape index (κ1) is 29.0. The van der Waals surface area contributed by atoms with Crippen LogP contribution >= 0.6 is 0 Å². The Kier molecular flexibility index (Phi) is 11.2. The fourth-order valence-corrected chi connectivity index (χ4v) is 3.51. The van der Waals surface area contributed by atoms with Gasteiger partial charge in [0.1, 0.15) is 19.6 Å². The average Bonchev–Trinajstić information content (AvgIpc) is 2.53. The maximum absolute atomic E-state index is 12.4. The summed E-state index contributed by atoms with van der Waals surface area (Å²) >= 11 is 0. The molecule has 178 valence electrons. The van der Waals surface area contributed by atoms with Gasteiger partial charge in [0.25, 0.3) is 0 Å². The molecule has 0 aliphatic carbocycles. The zero-order chi connectivity index (χ0) is 23.8. The summed E-state index contributed by atoms with van der Waals surface area (Å²) in [5, 5.41) is 13.3. The molecule has 0 aromatic carbocycles. The van der Waals surface area contributed by atoms with E-state index in [1.165, 1.54) is 0 Å². The Balaban J connectivity index is 4.28. The van der Waals surface area contributed by atoms with Crippen molar-refractivity contribution in [3.05, 3.63) is 0 Å². The van der Waals surface area contributed by atoms with Crippen molar-refractivity contribution in [2.75, 3.05) is 82.2 Å². The van der Waals surface area contributed by atoms with Gasteiger partial charge in [-0.05, 0) is 19.3 Å². The minimum Gasteiger partial charge on any atom is -0.382 e. The summed E-state index contributed by atoms with van der Waals surface area (Å²) in [5.74, 6) is 0.274. The maximum atomic E-state index is 12.4. The third-order valence-electron chi connectivity index (χ3n) is 5.70. The lowest BCUT2D eigenvalue weighted by Gasteiger charge is -2.34. The number of hydrogen-bond acceptors (Lipinski definition) is 3. The van der Waals surface area contributed by atoms with Gasteiger partial charge in [0.15, 0.2) is 18.6 Å². The van der Waals surface area contributed by atoms with Crippen LogP contribution in [0.3, 0.4) is 0 Å². The summed E-state index contributed by atoms with van der Waals surface area (Å²) < 4.78 is 1.97. The standard InChI is InChI=1S/C23H50N4O3/c1-11-23(2,3)22(30)24-19-27(9,10)17-20(28)14-12-13-15-26(7,8)18-21(29)16-25(4,5)6/h21,29H,11-19H2,1-10H3/q+2/p+1. The van der Waals surface area contributed by atoms with Crippen molar-refractivity contribution in [2.45, 2.75) is 52.6 Å². The number of nitrogens with zero attached hydrogens (tertiary/aromatic N) is 3. The Bertz CT molecular complexity index is 551. The number of unbranched alkanes of at least 4 members (excludes halogenated alkanes) is 1. The second kappa shape index (κ2) is 11.6. The van der Waals surface area contributed by atoms with E-state index in [-0.39, 0.29) is 23.2 Å². The molecule has 7 heteroatoms. The van der Waals surface area contributed by atoms with Crippen LogP contribution in [0.5, 0.6) is 0 Å². The van der Waals surface area contributed by atoms with Gasteiger partial charge in [-0.2, -0.15) is 0 Å². The highest BCUT2D eigenvalue weighted by molar-refractivity contribution is 5.81. The van der Waals surface area contributed by atoms with Gasteiger partial charge in [-0.15, -0.1) is 0 Å². The molecule has 0 aromatic rings. The van der Waals surface area contributed by atoms with E-state index in [0.29, 0.717) is 24.1 Å². The Morgan fingerprint density at radius 1 is 0.933 bits per heavy atom. The third kappa shape index (κ3) is 13.3. The monoisotopic (exact) mass is 431 g/mol. The number of Topliss-reactive ketones (excluding diaryl/α,β-unsaturated/α-hetero) is 1. The molecule has 0 radical (unpaired) electrons. The van der Waals surface area contributed by atoms with E-state index in [1.807, 2.05) is 34.9 Å². The number of aliphatic hydroxyl groups is 1. The number of carbonyl (C=O) groups is 2. The fourth-order valence-electron chi connectivity index (χ4n) is 3.51. The highest BCUT2D eigenvalue weighted by atomic mass is 16.3. The number of quaternary nitrogens is 3. The molecule has 30 heavy (non-hydrogen) atoms. The Morgan fingerprint density at radius 3 is 2.00 bits per heavy atom. The Hall–Kier alpha value is -1.02. The number of aliphatic hydroxyl groups excluding tert-OH is 1. The van der Waals surface area contributed by atoms with Crippen LogP contribution in [-0.4, -0.2) is 119 Å². The normalized spacial score (nSPS) is 14.5.